The van der Waals surface area contributed by atoms with E-state index in [1.165, 1.54) is 17.7 Å². The molecule has 0 spiro atoms. The van der Waals surface area contributed by atoms with Crippen LogP contribution in [-0.4, -0.2) is 47.5 Å². The molecule has 9 heteroatoms. The fourth-order valence-electron chi connectivity index (χ4n) is 3.32. The Kier molecular flexibility index (Phi) is 9.64. The van der Waals surface area contributed by atoms with E-state index >= 15 is 0 Å². The third kappa shape index (κ3) is 6.07. The maximum atomic E-state index is 9.68. The van der Waals surface area contributed by atoms with Crippen molar-refractivity contribution in [2.24, 2.45) is 0 Å². The molecule has 0 saturated carbocycles. The van der Waals surface area contributed by atoms with E-state index < -0.39 is 14.2 Å². The number of unbranched alkanes of at least 4 members (excludes halogenated alkanes) is 1. The molecule has 0 aromatic heterocycles. The number of hydrogen-bond donors (Lipinski definition) is 3. The van der Waals surface area contributed by atoms with Gasteiger partial charge in [-0.05, 0) is 41.9 Å². The van der Waals surface area contributed by atoms with Crippen LogP contribution in [0, 0.1) is 0 Å². The number of aliphatic hydroxyl groups excluding tert-OH is 1. The zero-order chi connectivity index (χ0) is 21.3. The highest BCUT2D eigenvalue weighted by molar-refractivity contribution is 7.99. The van der Waals surface area contributed by atoms with Crippen molar-refractivity contribution in [2.45, 2.75) is 49.2 Å². The minimum absolute atomic E-state index is 0.209. The van der Waals surface area contributed by atoms with Gasteiger partial charge in [-0.3, -0.25) is 0 Å². The summed E-state index contributed by atoms with van der Waals surface area (Å²) in [6, 6.07) is 12.1. The summed E-state index contributed by atoms with van der Waals surface area (Å²) in [5.74, 6) is 1.97. The topological polar surface area (TPSA) is 79.2 Å². The van der Waals surface area contributed by atoms with E-state index in [0.717, 1.165) is 44.9 Å². The average Bonchev–Trinajstić information content (AvgIpc) is 3.33. The maximum absolute atomic E-state index is 9.68. The lowest BCUT2D eigenvalue weighted by molar-refractivity contribution is 0.275. The molecule has 0 bridgehead atoms. The Morgan fingerprint density at radius 1 is 0.833 bits per heavy atom. The summed E-state index contributed by atoms with van der Waals surface area (Å²) in [5.41, 5.74) is 4.08. The SMILES string of the molecule is CCCCSc1cccc2c1B(O)OC2.OCCCSc1cccc2c1B(O)OC2. The first kappa shape index (κ1) is 23.7. The largest absolute Gasteiger partial charge is 0.492 e. The van der Waals surface area contributed by atoms with Crippen LogP contribution in [0.25, 0.3) is 0 Å². The smallest absolute Gasteiger partial charge is 0.423 e. The molecule has 0 radical (unpaired) electrons. The van der Waals surface area contributed by atoms with Crippen molar-refractivity contribution in [3.8, 4) is 0 Å². The predicted octanol–water partition coefficient (Wildman–Crippen LogP) is 2.18. The molecule has 0 aliphatic carbocycles. The van der Waals surface area contributed by atoms with Gasteiger partial charge >= 0.3 is 14.2 Å². The lowest BCUT2D eigenvalue weighted by Gasteiger charge is -2.07. The number of rotatable bonds is 8. The molecule has 2 heterocycles. The van der Waals surface area contributed by atoms with Crippen molar-refractivity contribution in [2.75, 3.05) is 18.1 Å². The van der Waals surface area contributed by atoms with Crippen LogP contribution in [0.2, 0.25) is 0 Å². The van der Waals surface area contributed by atoms with Crippen molar-refractivity contribution >= 4 is 48.7 Å². The maximum Gasteiger partial charge on any atom is 0.492 e. The zero-order valence-corrected chi connectivity index (χ0v) is 18.9. The van der Waals surface area contributed by atoms with Gasteiger partial charge in [0.2, 0.25) is 0 Å². The number of fused-ring (bicyclic) bond motifs is 2. The van der Waals surface area contributed by atoms with E-state index in [4.69, 9.17) is 14.4 Å². The van der Waals surface area contributed by atoms with Crippen LogP contribution in [0.15, 0.2) is 46.2 Å². The average molecular weight is 446 g/mol. The van der Waals surface area contributed by atoms with Gasteiger partial charge in [-0.2, -0.15) is 0 Å². The van der Waals surface area contributed by atoms with Gasteiger partial charge in [0.1, 0.15) is 0 Å². The van der Waals surface area contributed by atoms with Gasteiger partial charge in [0.25, 0.3) is 0 Å². The van der Waals surface area contributed by atoms with Gasteiger partial charge in [-0.25, -0.2) is 0 Å². The zero-order valence-electron chi connectivity index (χ0n) is 17.3. The monoisotopic (exact) mass is 446 g/mol. The molecule has 30 heavy (non-hydrogen) atoms. The highest BCUT2D eigenvalue weighted by atomic mass is 32.2. The van der Waals surface area contributed by atoms with E-state index in [1.54, 1.807) is 11.8 Å². The van der Waals surface area contributed by atoms with Gasteiger partial charge in [-0.1, -0.05) is 37.6 Å². The molecule has 3 N–H and O–H groups in total. The Labute approximate surface area is 187 Å². The summed E-state index contributed by atoms with van der Waals surface area (Å²) >= 11 is 3.47. The summed E-state index contributed by atoms with van der Waals surface area (Å²) in [6.45, 7) is 3.43. The fourth-order valence-corrected chi connectivity index (χ4v) is 5.59. The van der Waals surface area contributed by atoms with Crippen LogP contribution < -0.4 is 10.9 Å². The molecule has 2 aliphatic rings. The molecule has 0 fully saturated rings. The molecule has 0 unspecified atom stereocenters. The standard InChI is InChI=1S/C11H15BO2S.C10H13BO3S/c1-2-3-7-15-10-6-4-5-9-8-14-12(13)11(9)10;12-5-2-6-15-9-4-1-3-8-7-14-11(13)10(8)9/h4-6,13H,2-3,7-8H2,1H3;1,3-4,12-13H,2,5-7H2. The van der Waals surface area contributed by atoms with E-state index in [2.05, 4.69) is 13.0 Å². The number of thioether (sulfide) groups is 2. The van der Waals surface area contributed by atoms with Crippen LogP contribution in [0.4, 0.5) is 0 Å². The second-order valence-corrected chi connectivity index (χ2v) is 9.39. The molecule has 2 aliphatic heterocycles. The van der Waals surface area contributed by atoms with Crippen LogP contribution in [0.1, 0.15) is 37.3 Å². The first-order valence-electron chi connectivity index (χ1n) is 10.3. The second-order valence-electron chi connectivity index (χ2n) is 7.11. The third-order valence-corrected chi connectivity index (χ3v) is 7.24. The van der Waals surface area contributed by atoms with Crippen molar-refractivity contribution < 1.29 is 24.5 Å². The molecule has 2 aromatic rings. The van der Waals surface area contributed by atoms with Crippen molar-refractivity contribution in [3.63, 3.8) is 0 Å². The molecule has 0 atom stereocenters. The molecular formula is C21H28B2O5S2. The third-order valence-electron chi connectivity index (χ3n) is 4.92. The summed E-state index contributed by atoms with van der Waals surface area (Å²) in [7, 11) is -1.50. The molecular weight excluding hydrogens is 418 g/mol. The van der Waals surface area contributed by atoms with Crippen LogP contribution >= 0.6 is 23.5 Å². The lowest BCUT2D eigenvalue weighted by Crippen LogP contribution is -2.29. The van der Waals surface area contributed by atoms with Crippen molar-refractivity contribution in [3.05, 3.63) is 47.5 Å². The normalized spacial score (nSPS) is 14.4. The first-order chi connectivity index (χ1) is 14.7. The Bertz CT molecular complexity index is 756. The van der Waals surface area contributed by atoms with Gasteiger partial charge in [0.15, 0.2) is 0 Å². The number of aliphatic hydroxyl groups is 1. The molecule has 160 valence electrons. The summed E-state index contributed by atoms with van der Waals surface area (Å²) in [5, 5.41) is 28.0. The minimum Gasteiger partial charge on any atom is -0.423 e. The van der Waals surface area contributed by atoms with Gasteiger partial charge < -0.3 is 24.5 Å². The number of hydrogen-bond acceptors (Lipinski definition) is 7. The molecule has 5 nitrogen and oxygen atoms in total. The summed E-state index contributed by atoms with van der Waals surface area (Å²) < 4.78 is 10.4. The quantitative estimate of drug-likeness (QED) is 0.326. The van der Waals surface area contributed by atoms with E-state index in [0.29, 0.717) is 13.2 Å². The van der Waals surface area contributed by atoms with Gasteiger partial charge in [0.05, 0.1) is 13.2 Å². The Hall–Kier alpha value is -0.930. The molecule has 4 rings (SSSR count). The number of benzene rings is 2. The highest BCUT2D eigenvalue weighted by Crippen LogP contribution is 2.23. The Morgan fingerprint density at radius 2 is 1.33 bits per heavy atom. The second kappa shape index (κ2) is 12.2. The molecule has 0 saturated heterocycles. The molecule has 2 aromatic carbocycles. The fraction of sp³-hybridized carbons (Fsp3) is 0.429. The van der Waals surface area contributed by atoms with Crippen LogP contribution in [-0.2, 0) is 22.5 Å². The minimum atomic E-state index is -0.780. The van der Waals surface area contributed by atoms with E-state index in [-0.39, 0.29) is 6.61 Å². The predicted molar refractivity (Wildman–Crippen MR) is 126 cm³/mol. The first-order valence-corrected chi connectivity index (χ1v) is 12.3. The lowest BCUT2D eigenvalue weighted by atomic mass is 9.79. The Balaban J connectivity index is 0.000000171. The van der Waals surface area contributed by atoms with Crippen molar-refractivity contribution in [1.29, 1.82) is 0 Å². The highest BCUT2D eigenvalue weighted by Gasteiger charge is 2.30. The van der Waals surface area contributed by atoms with Crippen LogP contribution in [0.3, 0.4) is 0 Å². The summed E-state index contributed by atoms with van der Waals surface area (Å²) in [4.78, 5) is 2.23. The van der Waals surface area contributed by atoms with Gasteiger partial charge in [-0.15, -0.1) is 23.5 Å². The van der Waals surface area contributed by atoms with Crippen LogP contribution in [0.5, 0.6) is 0 Å². The van der Waals surface area contributed by atoms with E-state index in [1.807, 2.05) is 42.1 Å². The van der Waals surface area contributed by atoms with Crippen molar-refractivity contribution in [1.82, 2.24) is 0 Å². The van der Waals surface area contributed by atoms with E-state index in [9.17, 15) is 10.0 Å². The molecule has 0 amide bonds. The Morgan fingerprint density at radius 3 is 1.80 bits per heavy atom. The summed E-state index contributed by atoms with van der Waals surface area (Å²) in [6.07, 6.45) is 3.19. The van der Waals surface area contributed by atoms with Gasteiger partial charge in [0, 0.05) is 33.1 Å².